The molecule has 2 heterocycles. The largest absolute Gasteiger partial charge is 0.400 e. The average Bonchev–Trinajstić information content (AvgIpc) is 2.85. The maximum absolute atomic E-state index is 7.00. The van der Waals surface area contributed by atoms with Gasteiger partial charge in [0.1, 0.15) is 0 Å². The number of aryl methyl sites for hydroxylation is 1. The smallest absolute Gasteiger partial charge is 0.225 e. The fraction of sp³-hybridized carbons (Fsp3) is 0.636. The highest BCUT2D eigenvalue weighted by Gasteiger charge is 2.13. The van der Waals surface area contributed by atoms with Gasteiger partial charge in [0, 0.05) is 32.6 Å². The number of rotatable bonds is 2. The molecule has 1 aliphatic heterocycles. The normalized spacial score (nSPS) is 14.7. The topological polar surface area (TPSA) is 49.2 Å². The molecule has 1 fully saturated rings. The highest BCUT2D eigenvalue weighted by atomic mass is 16.2. The summed E-state index contributed by atoms with van der Waals surface area (Å²) in [6.45, 7) is 4.35. The number of nitrogens with zero attached hydrogens (tertiary/aromatic N) is 3. The zero-order chi connectivity index (χ0) is 11.1. The standard InChI is InChI=1S/C10H15N3.CH4O/c1-2-9-7-11-10(12-8-9)13-5-3-4-6-13;1-2/h7-8H,2-6H2,1H3;2H,1H3. The summed E-state index contributed by atoms with van der Waals surface area (Å²) in [6, 6.07) is 0. The first kappa shape index (κ1) is 11.9. The predicted octanol–water partition coefficient (Wildman–Crippen LogP) is 1.25. The minimum absolute atomic E-state index is 0.898. The Morgan fingerprint density at radius 2 is 1.73 bits per heavy atom. The Kier molecular flexibility index (Phi) is 5.04. The summed E-state index contributed by atoms with van der Waals surface area (Å²) in [7, 11) is 1.00. The fourth-order valence-corrected chi connectivity index (χ4v) is 1.61. The van der Waals surface area contributed by atoms with Gasteiger partial charge < -0.3 is 10.0 Å². The van der Waals surface area contributed by atoms with Crippen LogP contribution >= 0.6 is 0 Å². The van der Waals surface area contributed by atoms with Crippen LogP contribution in [0.1, 0.15) is 25.3 Å². The molecule has 84 valence electrons. The van der Waals surface area contributed by atoms with E-state index < -0.39 is 0 Å². The molecule has 0 atom stereocenters. The zero-order valence-corrected chi connectivity index (χ0v) is 9.48. The van der Waals surface area contributed by atoms with Crippen LogP contribution < -0.4 is 4.90 Å². The monoisotopic (exact) mass is 209 g/mol. The Bertz CT molecular complexity index is 268. The highest BCUT2D eigenvalue weighted by Crippen LogP contribution is 2.14. The third-order valence-corrected chi connectivity index (χ3v) is 2.49. The Labute approximate surface area is 91.0 Å². The maximum Gasteiger partial charge on any atom is 0.225 e. The molecule has 2 rings (SSSR count). The molecule has 1 aliphatic rings. The molecule has 0 radical (unpaired) electrons. The van der Waals surface area contributed by atoms with E-state index in [0.717, 1.165) is 32.6 Å². The van der Waals surface area contributed by atoms with E-state index in [4.69, 9.17) is 5.11 Å². The van der Waals surface area contributed by atoms with Crippen molar-refractivity contribution in [3.8, 4) is 0 Å². The van der Waals surface area contributed by atoms with Crippen LogP contribution in [0, 0.1) is 0 Å². The lowest BCUT2D eigenvalue weighted by atomic mass is 10.3. The molecule has 1 aromatic rings. The summed E-state index contributed by atoms with van der Waals surface area (Å²) in [5, 5.41) is 7.00. The molecule has 0 saturated carbocycles. The van der Waals surface area contributed by atoms with E-state index >= 15 is 0 Å². The van der Waals surface area contributed by atoms with E-state index in [1.165, 1.54) is 18.4 Å². The van der Waals surface area contributed by atoms with Crippen LogP contribution in [0.15, 0.2) is 12.4 Å². The van der Waals surface area contributed by atoms with E-state index in [1.54, 1.807) is 0 Å². The van der Waals surface area contributed by atoms with Gasteiger partial charge in [-0.15, -0.1) is 0 Å². The van der Waals surface area contributed by atoms with Crippen LogP contribution in [0.5, 0.6) is 0 Å². The van der Waals surface area contributed by atoms with Gasteiger partial charge >= 0.3 is 0 Å². The Morgan fingerprint density at radius 3 is 2.20 bits per heavy atom. The van der Waals surface area contributed by atoms with E-state index in [1.807, 2.05) is 12.4 Å². The van der Waals surface area contributed by atoms with Crippen molar-refractivity contribution in [2.24, 2.45) is 0 Å². The van der Waals surface area contributed by atoms with Gasteiger partial charge in [0.2, 0.25) is 5.95 Å². The Hall–Kier alpha value is -1.16. The van der Waals surface area contributed by atoms with Crippen molar-refractivity contribution in [3.05, 3.63) is 18.0 Å². The van der Waals surface area contributed by atoms with E-state index in [9.17, 15) is 0 Å². The summed E-state index contributed by atoms with van der Waals surface area (Å²) in [5.41, 5.74) is 1.21. The molecule has 0 bridgehead atoms. The van der Waals surface area contributed by atoms with Gasteiger partial charge in [0.15, 0.2) is 0 Å². The summed E-state index contributed by atoms with van der Waals surface area (Å²) >= 11 is 0. The van der Waals surface area contributed by atoms with Crippen molar-refractivity contribution in [1.82, 2.24) is 9.97 Å². The van der Waals surface area contributed by atoms with Crippen molar-refractivity contribution >= 4 is 5.95 Å². The minimum atomic E-state index is 0.898. The fourth-order valence-electron chi connectivity index (χ4n) is 1.61. The van der Waals surface area contributed by atoms with Crippen LogP contribution in [0.25, 0.3) is 0 Å². The minimum Gasteiger partial charge on any atom is -0.400 e. The molecule has 0 amide bonds. The van der Waals surface area contributed by atoms with Gasteiger partial charge in [-0.05, 0) is 24.8 Å². The lowest BCUT2D eigenvalue weighted by Gasteiger charge is -2.14. The predicted molar refractivity (Wildman–Crippen MR) is 61.0 cm³/mol. The first-order chi connectivity index (χ1) is 7.40. The molecule has 15 heavy (non-hydrogen) atoms. The summed E-state index contributed by atoms with van der Waals surface area (Å²) in [6.07, 6.45) is 7.43. The number of aromatic nitrogens is 2. The molecule has 0 spiro atoms. The average molecular weight is 209 g/mol. The van der Waals surface area contributed by atoms with Gasteiger partial charge in [-0.2, -0.15) is 0 Å². The second-order valence-corrected chi connectivity index (χ2v) is 3.44. The van der Waals surface area contributed by atoms with Crippen LogP contribution in [-0.4, -0.2) is 35.3 Å². The van der Waals surface area contributed by atoms with Crippen molar-refractivity contribution in [2.45, 2.75) is 26.2 Å². The molecule has 0 unspecified atom stereocenters. The van der Waals surface area contributed by atoms with Crippen molar-refractivity contribution in [2.75, 3.05) is 25.1 Å². The van der Waals surface area contributed by atoms with Crippen LogP contribution in [0.3, 0.4) is 0 Å². The quantitative estimate of drug-likeness (QED) is 0.796. The molecule has 4 heteroatoms. The lowest BCUT2D eigenvalue weighted by Crippen LogP contribution is -2.20. The second kappa shape index (κ2) is 6.35. The molecule has 0 aliphatic carbocycles. The maximum atomic E-state index is 7.00. The van der Waals surface area contributed by atoms with Gasteiger partial charge in [-0.1, -0.05) is 6.92 Å². The van der Waals surface area contributed by atoms with Crippen LogP contribution in [-0.2, 0) is 6.42 Å². The zero-order valence-electron chi connectivity index (χ0n) is 9.48. The Morgan fingerprint density at radius 1 is 1.20 bits per heavy atom. The number of aliphatic hydroxyl groups is 1. The van der Waals surface area contributed by atoms with E-state index in [0.29, 0.717) is 0 Å². The SMILES string of the molecule is CCc1cnc(N2CCCC2)nc1.CO. The third kappa shape index (κ3) is 3.16. The number of hydrogen-bond donors (Lipinski definition) is 1. The molecule has 1 aromatic heterocycles. The highest BCUT2D eigenvalue weighted by molar-refractivity contribution is 5.30. The van der Waals surface area contributed by atoms with Crippen LogP contribution in [0.2, 0.25) is 0 Å². The molecule has 0 aromatic carbocycles. The number of anilines is 1. The molecule has 1 N–H and O–H groups in total. The third-order valence-electron chi connectivity index (χ3n) is 2.49. The van der Waals surface area contributed by atoms with Crippen molar-refractivity contribution < 1.29 is 5.11 Å². The number of hydrogen-bond acceptors (Lipinski definition) is 4. The van der Waals surface area contributed by atoms with Gasteiger partial charge in [-0.25, -0.2) is 9.97 Å². The molecular weight excluding hydrogens is 190 g/mol. The molecule has 4 nitrogen and oxygen atoms in total. The summed E-state index contributed by atoms with van der Waals surface area (Å²) < 4.78 is 0. The molecule has 1 saturated heterocycles. The summed E-state index contributed by atoms with van der Waals surface area (Å²) in [5.74, 6) is 0.898. The lowest BCUT2D eigenvalue weighted by molar-refractivity contribution is 0.399. The Balaban J connectivity index is 0.000000531. The van der Waals surface area contributed by atoms with Crippen LogP contribution in [0.4, 0.5) is 5.95 Å². The number of aliphatic hydroxyl groups excluding tert-OH is 1. The van der Waals surface area contributed by atoms with Gasteiger partial charge in [0.25, 0.3) is 0 Å². The summed E-state index contributed by atoms with van der Waals surface area (Å²) in [4.78, 5) is 10.9. The van der Waals surface area contributed by atoms with Crippen molar-refractivity contribution in [1.29, 1.82) is 0 Å². The van der Waals surface area contributed by atoms with Crippen molar-refractivity contribution in [3.63, 3.8) is 0 Å². The first-order valence-corrected chi connectivity index (χ1v) is 5.40. The van der Waals surface area contributed by atoms with Gasteiger partial charge in [-0.3, -0.25) is 0 Å². The molecular formula is C11H19N3O. The van der Waals surface area contributed by atoms with Gasteiger partial charge in [0.05, 0.1) is 0 Å². The first-order valence-electron chi connectivity index (χ1n) is 5.40. The second-order valence-electron chi connectivity index (χ2n) is 3.44. The van der Waals surface area contributed by atoms with E-state index in [-0.39, 0.29) is 0 Å². The van der Waals surface area contributed by atoms with E-state index in [2.05, 4.69) is 21.8 Å².